The number of hydrogen-bond donors (Lipinski definition) is 0. The Kier molecular flexibility index (Phi) is 3.99. The van der Waals surface area contributed by atoms with Gasteiger partial charge in [-0.3, -0.25) is 4.79 Å². The highest BCUT2D eigenvalue weighted by molar-refractivity contribution is 9.10. The molecule has 0 heterocycles. The van der Waals surface area contributed by atoms with Crippen LogP contribution in [-0.2, 0) is 10.2 Å². The predicted molar refractivity (Wildman–Crippen MR) is 62.3 cm³/mol. The molecule has 0 N–H and O–H groups in total. The topological polar surface area (TPSA) is 40.9 Å². The van der Waals surface area contributed by atoms with Crippen molar-refractivity contribution in [1.29, 1.82) is 5.26 Å². The van der Waals surface area contributed by atoms with Crippen LogP contribution in [0.2, 0.25) is 0 Å². The van der Waals surface area contributed by atoms with E-state index in [1.807, 2.05) is 6.07 Å². The van der Waals surface area contributed by atoms with E-state index < -0.39 is 17.0 Å². The summed E-state index contributed by atoms with van der Waals surface area (Å²) in [6.45, 7) is 2.78. The molecular formula is C12H10BrF2NO. The normalized spacial score (nSPS) is 13.9. The van der Waals surface area contributed by atoms with Crippen LogP contribution >= 0.6 is 15.9 Å². The molecule has 0 radical (unpaired) electrons. The van der Waals surface area contributed by atoms with Crippen LogP contribution in [0.1, 0.15) is 25.8 Å². The van der Waals surface area contributed by atoms with Crippen LogP contribution in [-0.4, -0.2) is 5.78 Å². The average Bonchev–Trinajstić information content (AvgIpc) is 2.22. The quantitative estimate of drug-likeness (QED) is 0.802. The molecule has 1 rings (SSSR count). The van der Waals surface area contributed by atoms with Crippen molar-refractivity contribution in [3.63, 3.8) is 0 Å². The molecule has 0 aromatic heterocycles. The minimum Gasteiger partial charge on any atom is -0.300 e. The lowest BCUT2D eigenvalue weighted by Crippen LogP contribution is -2.24. The van der Waals surface area contributed by atoms with Crippen LogP contribution < -0.4 is 0 Å². The number of nitriles is 1. The lowest BCUT2D eigenvalue weighted by atomic mass is 9.79. The molecule has 1 aromatic carbocycles. The van der Waals surface area contributed by atoms with Crippen molar-refractivity contribution in [3.05, 3.63) is 33.8 Å². The van der Waals surface area contributed by atoms with Gasteiger partial charge in [0.05, 0.1) is 16.0 Å². The second-order valence-corrected chi connectivity index (χ2v) is 4.92. The van der Waals surface area contributed by atoms with Crippen molar-refractivity contribution < 1.29 is 13.6 Å². The van der Waals surface area contributed by atoms with Crippen LogP contribution in [0.15, 0.2) is 16.6 Å². The second kappa shape index (κ2) is 4.92. The van der Waals surface area contributed by atoms with Crippen molar-refractivity contribution in [2.75, 3.05) is 0 Å². The van der Waals surface area contributed by atoms with E-state index in [9.17, 15) is 13.6 Å². The van der Waals surface area contributed by atoms with Gasteiger partial charge in [-0.25, -0.2) is 8.78 Å². The maximum Gasteiger partial charge on any atom is 0.140 e. The van der Waals surface area contributed by atoms with E-state index in [0.29, 0.717) is 6.07 Å². The molecule has 1 atom stereocenters. The first-order valence-corrected chi connectivity index (χ1v) is 5.65. The Morgan fingerprint density at radius 2 is 2.06 bits per heavy atom. The SMILES string of the molecule is CC(=O)CC(C)(C#N)c1cc(Br)c(F)cc1F. The van der Waals surface area contributed by atoms with Gasteiger partial charge in [0.1, 0.15) is 17.4 Å². The number of Topliss-reactive ketones (excluding diaryl/α,β-unsaturated/α-hetero) is 1. The standard InChI is InChI=1S/C12H10BrF2NO/c1-7(17)5-12(2,6-16)8-3-9(13)11(15)4-10(8)14/h3-4H,5H2,1-2H3. The summed E-state index contributed by atoms with van der Waals surface area (Å²) in [5.74, 6) is -1.79. The Morgan fingerprint density at radius 3 is 2.53 bits per heavy atom. The van der Waals surface area contributed by atoms with Crippen molar-refractivity contribution in [1.82, 2.24) is 0 Å². The van der Waals surface area contributed by atoms with E-state index in [-0.39, 0.29) is 22.2 Å². The molecule has 0 aliphatic carbocycles. The zero-order valence-electron chi connectivity index (χ0n) is 9.35. The van der Waals surface area contributed by atoms with Gasteiger partial charge in [-0.15, -0.1) is 0 Å². The molecule has 1 unspecified atom stereocenters. The zero-order valence-corrected chi connectivity index (χ0v) is 10.9. The van der Waals surface area contributed by atoms with Crippen molar-refractivity contribution in [2.45, 2.75) is 25.7 Å². The second-order valence-electron chi connectivity index (χ2n) is 4.07. The maximum atomic E-state index is 13.6. The van der Waals surface area contributed by atoms with Gasteiger partial charge < -0.3 is 0 Å². The average molecular weight is 302 g/mol. The molecule has 0 saturated carbocycles. The van der Waals surface area contributed by atoms with Crippen LogP contribution in [0.4, 0.5) is 8.78 Å². The number of ketones is 1. The first kappa shape index (κ1) is 13.8. The molecule has 0 aliphatic heterocycles. The molecule has 5 heteroatoms. The molecular weight excluding hydrogens is 292 g/mol. The van der Waals surface area contributed by atoms with E-state index in [4.69, 9.17) is 5.26 Å². The fourth-order valence-electron chi connectivity index (χ4n) is 1.64. The number of halogens is 3. The zero-order chi connectivity index (χ0) is 13.2. The van der Waals surface area contributed by atoms with Gasteiger partial charge in [0.25, 0.3) is 0 Å². The molecule has 17 heavy (non-hydrogen) atoms. The molecule has 0 bridgehead atoms. The van der Waals surface area contributed by atoms with Crippen LogP contribution in [0, 0.1) is 23.0 Å². The smallest absolute Gasteiger partial charge is 0.140 e. The number of carbonyl (C=O) groups excluding carboxylic acids is 1. The summed E-state index contributed by atoms with van der Waals surface area (Å²) in [6.07, 6.45) is -0.113. The van der Waals surface area contributed by atoms with E-state index >= 15 is 0 Å². The lowest BCUT2D eigenvalue weighted by molar-refractivity contribution is -0.117. The number of rotatable bonds is 3. The van der Waals surface area contributed by atoms with Crippen molar-refractivity contribution >= 4 is 21.7 Å². The molecule has 0 fully saturated rings. The van der Waals surface area contributed by atoms with Gasteiger partial charge in [0, 0.05) is 18.1 Å². The molecule has 2 nitrogen and oxygen atoms in total. The van der Waals surface area contributed by atoms with Gasteiger partial charge in [-0.2, -0.15) is 5.26 Å². The van der Waals surface area contributed by atoms with Gasteiger partial charge in [-0.1, -0.05) is 0 Å². The Bertz CT molecular complexity index is 510. The monoisotopic (exact) mass is 301 g/mol. The number of nitrogens with zero attached hydrogens (tertiary/aromatic N) is 1. The van der Waals surface area contributed by atoms with Gasteiger partial charge >= 0.3 is 0 Å². The summed E-state index contributed by atoms with van der Waals surface area (Å²) < 4.78 is 26.8. The highest BCUT2D eigenvalue weighted by atomic mass is 79.9. The summed E-state index contributed by atoms with van der Waals surface area (Å²) in [4.78, 5) is 11.1. The Balaban J connectivity index is 3.36. The van der Waals surface area contributed by atoms with Gasteiger partial charge in [0.15, 0.2) is 0 Å². The largest absolute Gasteiger partial charge is 0.300 e. The molecule has 1 aromatic rings. The molecule has 0 saturated heterocycles. The van der Waals surface area contributed by atoms with E-state index in [2.05, 4.69) is 15.9 Å². The summed E-state index contributed by atoms with van der Waals surface area (Å²) in [5.41, 5.74) is -1.27. The molecule has 90 valence electrons. The van der Waals surface area contributed by atoms with E-state index in [1.54, 1.807) is 0 Å². The number of benzene rings is 1. The van der Waals surface area contributed by atoms with Crippen LogP contribution in [0.25, 0.3) is 0 Å². The Labute approximate surface area is 106 Å². The van der Waals surface area contributed by atoms with Gasteiger partial charge in [-0.05, 0) is 35.8 Å². The Morgan fingerprint density at radius 1 is 1.47 bits per heavy atom. The van der Waals surface area contributed by atoms with Crippen molar-refractivity contribution in [3.8, 4) is 6.07 Å². The minimum atomic E-state index is -1.29. The fraction of sp³-hybridized carbons (Fsp3) is 0.333. The summed E-state index contributed by atoms with van der Waals surface area (Å²) in [7, 11) is 0. The summed E-state index contributed by atoms with van der Waals surface area (Å²) in [6, 6.07) is 3.82. The van der Waals surface area contributed by atoms with Crippen LogP contribution in [0.5, 0.6) is 0 Å². The first-order chi connectivity index (χ1) is 7.80. The highest BCUT2D eigenvalue weighted by Gasteiger charge is 2.32. The third-order valence-electron chi connectivity index (χ3n) is 2.45. The highest BCUT2D eigenvalue weighted by Crippen LogP contribution is 2.32. The lowest BCUT2D eigenvalue weighted by Gasteiger charge is -2.21. The van der Waals surface area contributed by atoms with E-state index in [1.165, 1.54) is 19.9 Å². The van der Waals surface area contributed by atoms with Crippen molar-refractivity contribution in [2.24, 2.45) is 0 Å². The molecule has 0 spiro atoms. The number of carbonyl (C=O) groups is 1. The van der Waals surface area contributed by atoms with Crippen LogP contribution in [0.3, 0.4) is 0 Å². The number of hydrogen-bond acceptors (Lipinski definition) is 2. The van der Waals surface area contributed by atoms with Gasteiger partial charge in [0.2, 0.25) is 0 Å². The summed E-state index contributed by atoms with van der Waals surface area (Å²) >= 11 is 2.93. The Hall–Kier alpha value is -1.28. The third-order valence-corrected chi connectivity index (χ3v) is 3.06. The minimum absolute atomic E-state index is 0.0171. The third kappa shape index (κ3) is 2.89. The molecule has 0 aliphatic rings. The first-order valence-electron chi connectivity index (χ1n) is 4.86. The predicted octanol–water partition coefficient (Wildman–Crippen LogP) is 3.49. The summed E-state index contributed by atoms with van der Waals surface area (Å²) in [5, 5.41) is 9.09. The maximum absolute atomic E-state index is 13.6. The molecule has 0 amide bonds. The fourth-order valence-corrected chi connectivity index (χ4v) is 1.98. The van der Waals surface area contributed by atoms with E-state index in [0.717, 1.165) is 0 Å².